The van der Waals surface area contributed by atoms with Crippen molar-refractivity contribution >= 4 is 5.69 Å². The molecule has 3 aliphatic carbocycles. The predicted molar refractivity (Wildman–Crippen MR) is 151 cm³/mol. The second-order valence-corrected chi connectivity index (χ2v) is 12.6. The molecule has 3 fully saturated rings. The average molecular weight is 507 g/mol. The molecule has 2 heterocycles. The van der Waals surface area contributed by atoms with E-state index >= 15 is 0 Å². The van der Waals surface area contributed by atoms with Gasteiger partial charge in [0.2, 0.25) is 0 Å². The molecule has 1 saturated heterocycles. The molecule has 2 saturated carbocycles. The molecule has 8 rings (SSSR count). The lowest BCUT2D eigenvalue weighted by Crippen LogP contribution is -2.75. The maximum Gasteiger partial charge on any atom is 0.124 e. The van der Waals surface area contributed by atoms with Crippen molar-refractivity contribution < 1.29 is 9.84 Å². The molecule has 38 heavy (non-hydrogen) atoms. The van der Waals surface area contributed by atoms with Crippen LogP contribution in [0.4, 0.5) is 5.69 Å². The maximum absolute atomic E-state index is 12.7. The average Bonchev–Trinajstić information content (AvgIpc) is 3.69. The van der Waals surface area contributed by atoms with E-state index in [-0.39, 0.29) is 17.6 Å². The summed E-state index contributed by atoms with van der Waals surface area (Å²) in [4.78, 5) is 5.25. The van der Waals surface area contributed by atoms with E-state index in [2.05, 4.69) is 82.6 Å². The van der Waals surface area contributed by atoms with Gasteiger partial charge in [-0.25, -0.2) is 0 Å². The Balaban J connectivity index is 1.27. The summed E-state index contributed by atoms with van der Waals surface area (Å²) in [6.45, 7) is 3.96. The van der Waals surface area contributed by atoms with Crippen LogP contribution in [0.1, 0.15) is 60.8 Å². The van der Waals surface area contributed by atoms with Gasteiger partial charge in [-0.15, -0.1) is 0 Å². The van der Waals surface area contributed by atoms with Crippen LogP contribution >= 0.6 is 0 Å². The first-order valence-corrected chi connectivity index (χ1v) is 14.8. The number of hydrogen-bond donors (Lipinski definition) is 1. The van der Waals surface area contributed by atoms with Crippen molar-refractivity contribution in [1.29, 1.82) is 0 Å². The van der Waals surface area contributed by atoms with Crippen LogP contribution in [-0.4, -0.2) is 40.8 Å². The van der Waals surface area contributed by atoms with E-state index in [0.29, 0.717) is 0 Å². The highest BCUT2D eigenvalue weighted by Crippen LogP contribution is 2.65. The first-order valence-electron chi connectivity index (χ1n) is 14.8. The molecule has 4 atom stereocenters. The highest BCUT2D eigenvalue weighted by atomic mass is 16.5. The van der Waals surface area contributed by atoms with Crippen LogP contribution in [0.2, 0.25) is 0 Å². The molecule has 2 bridgehead atoms. The second-order valence-electron chi connectivity index (χ2n) is 12.6. The summed E-state index contributed by atoms with van der Waals surface area (Å²) in [6.07, 6.45) is 7.75. The van der Waals surface area contributed by atoms with E-state index in [1.54, 1.807) is 0 Å². The number of aliphatic hydroxyl groups is 1. The Morgan fingerprint density at radius 2 is 1.58 bits per heavy atom. The Kier molecular flexibility index (Phi) is 5.22. The zero-order chi connectivity index (χ0) is 25.3. The van der Waals surface area contributed by atoms with Crippen molar-refractivity contribution in [2.75, 3.05) is 18.0 Å². The quantitative estimate of drug-likeness (QED) is 0.436. The molecule has 3 aromatic rings. The van der Waals surface area contributed by atoms with Gasteiger partial charge in [0.15, 0.2) is 0 Å². The molecule has 3 aromatic carbocycles. The lowest BCUT2D eigenvalue weighted by atomic mass is 9.49. The van der Waals surface area contributed by atoms with Crippen molar-refractivity contribution in [3.63, 3.8) is 0 Å². The summed E-state index contributed by atoms with van der Waals surface area (Å²) in [7, 11) is 0. The zero-order valence-electron chi connectivity index (χ0n) is 22.2. The molecule has 1 spiro atoms. The fourth-order valence-electron chi connectivity index (χ4n) is 8.62. The minimum Gasteiger partial charge on any atom is -0.489 e. The molecular formula is C34H38N2O2. The SMILES string of the molecule is O[C@@]12CCC[C@@H]3Oc4ccc(N(Cc5ccccc5)Cc5ccccc5)c5c4[C@@]31CCN(CC1CC1)[C@@H]2C5. The van der Waals surface area contributed by atoms with Gasteiger partial charge in [0, 0.05) is 36.9 Å². The van der Waals surface area contributed by atoms with Crippen LogP contribution < -0.4 is 9.64 Å². The van der Waals surface area contributed by atoms with E-state index in [1.807, 2.05) is 0 Å². The standard InChI is InChI=1S/C34H38N2O2/c37-34-17-7-12-31-33(34)18-19-35(21-26-13-14-26)30(34)20-27-28(15-16-29(38-31)32(27)33)36(22-24-8-3-1-4-9-24)23-25-10-5-2-6-11-25/h1-6,8-11,15-16,26,30-31,37H,7,12-14,17-23H2/t30-,31+,33-,34-/m1/s1. The first-order chi connectivity index (χ1) is 18.7. The van der Waals surface area contributed by atoms with Gasteiger partial charge in [0.25, 0.3) is 0 Å². The molecule has 5 aliphatic rings. The highest BCUT2D eigenvalue weighted by Gasteiger charge is 2.71. The van der Waals surface area contributed by atoms with E-state index in [9.17, 15) is 5.11 Å². The Labute approximate surface area is 226 Å². The van der Waals surface area contributed by atoms with Gasteiger partial charge in [-0.2, -0.15) is 0 Å². The zero-order valence-corrected chi connectivity index (χ0v) is 22.2. The van der Waals surface area contributed by atoms with Gasteiger partial charge in [0.05, 0.1) is 11.0 Å². The van der Waals surface area contributed by atoms with Crippen LogP contribution in [0.25, 0.3) is 0 Å². The van der Waals surface area contributed by atoms with Crippen molar-refractivity contribution in [2.45, 2.75) is 81.2 Å². The monoisotopic (exact) mass is 506 g/mol. The van der Waals surface area contributed by atoms with Crippen molar-refractivity contribution in [3.8, 4) is 5.75 Å². The molecule has 4 heteroatoms. The van der Waals surface area contributed by atoms with E-state index in [0.717, 1.165) is 70.0 Å². The highest BCUT2D eigenvalue weighted by molar-refractivity contribution is 5.68. The topological polar surface area (TPSA) is 35.9 Å². The van der Waals surface area contributed by atoms with E-state index in [4.69, 9.17) is 4.74 Å². The van der Waals surface area contributed by atoms with Crippen LogP contribution in [0.15, 0.2) is 72.8 Å². The molecule has 0 aromatic heterocycles. The van der Waals surface area contributed by atoms with Gasteiger partial charge in [-0.3, -0.25) is 4.90 Å². The van der Waals surface area contributed by atoms with Gasteiger partial charge >= 0.3 is 0 Å². The minimum atomic E-state index is -0.691. The largest absolute Gasteiger partial charge is 0.489 e. The number of ether oxygens (including phenoxy) is 1. The van der Waals surface area contributed by atoms with Crippen LogP contribution in [0.3, 0.4) is 0 Å². The number of nitrogens with zero attached hydrogens (tertiary/aromatic N) is 2. The lowest BCUT2D eigenvalue weighted by Gasteiger charge is -2.63. The van der Waals surface area contributed by atoms with Crippen LogP contribution in [-0.2, 0) is 24.9 Å². The smallest absolute Gasteiger partial charge is 0.124 e. The Bertz CT molecular complexity index is 1300. The summed E-state index contributed by atoms with van der Waals surface area (Å²) < 4.78 is 6.75. The van der Waals surface area contributed by atoms with Gasteiger partial charge in [-0.05, 0) is 86.2 Å². The fourth-order valence-corrected chi connectivity index (χ4v) is 8.62. The molecule has 1 N–H and O–H groups in total. The number of hydrogen-bond acceptors (Lipinski definition) is 4. The third-order valence-electron chi connectivity index (χ3n) is 10.5. The Hall–Kier alpha value is -2.82. The molecule has 4 nitrogen and oxygen atoms in total. The number of piperidine rings is 1. The molecule has 196 valence electrons. The summed E-state index contributed by atoms with van der Waals surface area (Å²) in [5.74, 6) is 1.87. The minimum absolute atomic E-state index is 0.104. The summed E-state index contributed by atoms with van der Waals surface area (Å²) in [6, 6.07) is 26.4. The van der Waals surface area contributed by atoms with Crippen molar-refractivity contribution in [2.24, 2.45) is 5.92 Å². The van der Waals surface area contributed by atoms with Gasteiger partial charge < -0.3 is 14.7 Å². The Morgan fingerprint density at radius 1 is 0.868 bits per heavy atom. The molecule has 0 radical (unpaired) electrons. The van der Waals surface area contributed by atoms with Gasteiger partial charge in [-0.1, -0.05) is 60.7 Å². The van der Waals surface area contributed by atoms with E-state index < -0.39 is 5.60 Å². The second kappa shape index (κ2) is 8.59. The molecular weight excluding hydrogens is 468 g/mol. The van der Waals surface area contributed by atoms with Crippen LogP contribution in [0, 0.1) is 5.92 Å². The lowest BCUT2D eigenvalue weighted by molar-refractivity contribution is -0.185. The first kappa shape index (κ1) is 23.1. The normalized spacial score (nSPS) is 31.0. The summed E-state index contributed by atoms with van der Waals surface area (Å²) in [5.41, 5.74) is 5.81. The molecule has 0 amide bonds. The molecule has 2 aliphatic heterocycles. The van der Waals surface area contributed by atoms with Crippen LogP contribution in [0.5, 0.6) is 5.75 Å². The number of benzene rings is 3. The number of anilines is 1. The maximum atomic E-state index is 12.7. The number of rotatable bonds is 7. The van der Waals surface area contributed by atoms with Crippen molar-refractivity contribution in [3.05, 3.63) is 95.1 Å². The fraction of sp³-hybridized carbons (Fsp3) is 0.471. The third kappa shape index (κ3) is 3.36. The van der Waals surface area contributed by atoms with E-state index in [1.165, 1.54) is 40.8 Å². The predicted octanol–water partition coefficient (Wildman–Crippen LogP) is 5.85. The number of likely N-dealkylation sites (tertiary alicyclic amines) is 1. The van der Waals surface area contributed by atoms with Crippen molar-refractivity contribution in [1.82, 2.24) is 4.90 Å². The summed E-state index contributed by atoms with van der Waals surface area (Å²) >= 11 is 0. The van der Waals surface area contributed by atoms with Gasteiger partial charge in [0.1, 0.15) is 11.9 Å². The summed E-state index contributed by atoms with van der Waals surface area (Å²) in [5, 5.41) is 12.7. The Morgan fingerprint density at radius 3 is 2.26 bits per heavy atom. The third-order valence-corrected chi connectivity index (χ3v) is 10.5. The molecule has 0 unspecified atom stereocenters.